The highest BCUT2D eigenvalue weighted by atomic mass is 16.2. The van der Waals surface area contributed by atoms with Crippen molar-refractivity contribution in [1.29, 1.82) is 0 Å². The average Bonchev–Trinajstić information content (AvgIpc) is 2.78. The van der Waals surface area contributed by atoms with Crippen LogP contribution in [0, 0.1) is 0 Å². The number of nitrogens with one attached hydrogen (secondary N) is 1. The van der Waals surface area contributed by atoms with Gasteiger partial charge in [-0.15, -0.1) is 0 Å². The molecule has 1 aromatic heterocycles. The summed E-state index contributed by atoms with van der Waals surface area (Å²) < 4.78 is 2.03. The summed E-state index contributed by atoms with van der Waals surface area (Å²) in [5.41, 5.74) is 0.803. The lowest BCUT2D eigenvalue weighted by molar-refractivity contribution is 0.0723. The second-order valence-electron chi connectivity index (χ2n) is 4.44. The Morgan fingerprint density at radius 3 is 2.69 bits per heavy atom. The predicted octanol–water partition coefficient (Wildman–Crippen LogP) is 1.11. The molecule has 1 aliphatic rings. The van der Waals surface area contributed by atoms with Gasteiger partial charge in [0.15, 0.2) is 0 Å². The van der Waals surface area contributed by atoms with Gasteiger partial charge in [-0.2, -0.15) is 0 Å². The molecule has 0 saturated carbocycles. The first-order chi connectivity index (χ1) is 7.70. The lowest BCUT2D eigenvalue weighted by atomic mass is 10.3. The molecule has 0 aliphatic carbocycles. The third-order valence-electron chi connectivity index (χ3n) is 2.96. The van der Waals surface area contributed by atoms with Crippen molar-refractivity contribution in [3.05, 3.63) is 24.0 Å². The van der Waals surface area contributed by atoms with E-state index in [2.05, 4.69) is 19.2 Å². The second kappa shape index (κ2) is 4.70. The fourth-order valence-corrected chi connectivity index (χ4v) is 2.06. The van der Waals surface area contributed by atoms with Gasteiger partial charge in [0.25, 0.3) is 5.91 Å². The van der Waals surface area contributed by atoms with Crippen LogP contribution in [0.25, 0.3) is 0 Å². The molecule has 4 nitrogen and oxygen atoms in total. The molecule has 1 N–H and O–H groups in total. The van der Waals surface area contributed by atoms with Crippen LogP contribution < -0.4 is 5.32 Å². The van der Waals surface area contributed by atoms with Gasteiger partial charge in [-0.05, 0) is 26.0 Å². The van der Waals surface area contributed by atoms with Crippen molar-refractivity contribution in [3.63, 3.8) is 0 Å². The molecule has 88 valence electrons. The van der Waals surface area contributed by atoms with Crippen molar-refractivity contribution in [1.82, 2.24) is 14.8 Å². The van der Waals surface area contributed by atoms with Gasteiger partial charge in [0.05, 0.1) is 0 Å². The molecule has 1 saturated heterocycles. The molecule has 4 heteroatoms. The molecule has 2 rings (SSSR count). The molecule has 0 atom stereocenters. The minimum absolute atomic E-state index is 0.153. The van der Waals surface area contributed by atoms with Gasteiger partial charge in [0.1, 0.15) is 5.69 Å². The first-order valence-corrected chi connectivity index (χ1v) is 5.87. The Labute approximate surface area is 96.2 Å². The number of aromatic nitrogens is 1. The van der Waals surface area contributed by atoms with Crippen LogP contribution in [0.1, 0.15) is 30.4 Å². The van der Waals surface area contributed by atoms with E-state index >= 15 is 0 Å². The lowest BCUT2D eigenvalue weighted by Gasteiger charge is -2.28. The summed E-state index contributed by atoms with van der Waals surface area (Å²) in [7, 11) is 0. The van der Waals surface area contributed by atoms with Crippen molar-refractivity contribution < 1.29 is 4.79 Å². The highest BCUT2D eigenvalue weighted by molar-refractivity contribution is 5.92. The zero-order valence-electron chi connectivity index (χ0n) is 9.94. The minimum Gasteiger partial charge on any atom is -0.341 e. The minimum atomic E-state index is 0.153. The van der Waals surface area contributed by atoms with Crippen LogP contribution in [0.15, 0.2) is 18.3 Å². The summed E-state index contributed by atoms with van der Waals surface area (Å²) in [5, 5.41) is 3.25. The number of piperazine rings is 1. The molecule has 1 fully saturated rings. The number of rotatable bonds is 2. The molecular formula is C12H19N3O. The molecule has 2 heterocycles. The van der Waals surface area contributed by atoms with Gasteiger partial charge in [-0.25, -0.2) is 0 Å². The fraction of sp³-hybridized carbons (Fsp3) is 0.583. The van der Waals surface area contributed by atoms with E-state index in [1.807, 2.05) is 27.8 Å². The standard InChI is InChI=1S/C12H19N3O/c1-10(2)15-7-3-4-11(15)12(16)14-8-5-13-6-9-14/h3-4,7,10,13H,5-6,8-9H2,1-2H3. The number of carbonyl (C=O) groups excluding carboxylic acids is 1. The van der Waals surface area contributed by atoms with Crippen LogP contribution in [0.2, 0.25) is 0 Å². The molecule has 1 amide bonds. The first kappa shape index (κ1) is 11.2. The number of hydrogen-bond acceptors (Lipinski definition) is 2. The van der Waals surface area contributed by atoms with E-state index in [9.17, 15) is 4.79 Å². The maximum Gasteiger partial charge on any atom is 0.270 e. The molecule has 1 aromatic rings. The van der Waals surface area contributed by atoms with E-state index in [4.69, 9.17) is 0 Å². The molecule has 1 aliphatic heterocycles. The van der Waals surface area contributed by atoms with Gasteiger partial charge < -0.3 is 14.8 Å². The number of hydrogen-bond donors (Lipinski definition) is 1. The van der Waals surface area contributed by atoms with Gasteiger partial charge in [-0.3, -0.25) is 4.79 Å². The Hall–Kier alpha value is -1.29. The van der Waals surface area contributed by atoms with Crippen LogP contribution in [0.5, 0.6) is 0 Å². The Morgan fingerprint density at radius 1 is 1.38 bits per heavy atom. The topological polar surface area (TPSA) is 37.3 Å². The molecule has 0 bridgehead atoms. The van der Waals surface area contributed by atoms with E-state index in [-0.39, 0.29) is 5.91 Å². The summed E-state index contributed by atoms with van der Waals surface area (Å²) >= 11 is 0. The zero-order chi connectivity index (χ0) is 11.5. The molecule has 0 spiro atoms. The van der Waals surface area contributed by atoms with Crippen molar-refractivity contribution >= 4 is 5.91 Å². The second-order valence-corrected chi connectivity index (χ2v) is 4.44. The summed E-state index contributed by atoms with van der Waals surface area (Å²) in [5.74, 6) is 0.153. The Morgan fingerprint density at radius 2 is 2.06 bits per heavy atom. The Bertz CT molecular complexity index is 364. The maximum absolute atomic E-state index is 12.3. The predicted molar refractivity (Wildman–Crippen MR) is 63.6 cm³/mol. The van der Waals surface area contributed by atoms with Crippen LogP contribution >= 0.6 is 0 Å². The molecule has 16 heavy (non-hydrogen) atoms. The summed E-state index contributed by atoms with van der Waals surface area (Å²) in [4.78, 5) is 14.2. The molecule has 0 unspecified atom stereocenters. The molecule has 0 radical (unpaired) electrons. The van der Waals surface area contributed by atoms with Crippen molar-refractivity contribution in [2.75, 3.05) is 26.2 Å². The molecular weight excluding hydrogens is 202 g/mol. The van der Waals surface area contributed by atoms with E-state index in [1.165, 1.54) is 0 Å². The monoisotopic (exact) mass is 221 g/mol. The summed E-state index contributed by atoms with van der Waals surface area (Å²) in [6, 6.07) is 4.18. The van der Waals surface area contributed by atoms with Crippen molar-refractivity contribution in [3.8, 4) is 0 Å². The smallest absolute Gasteiger partial charge is 0.270 e. The third kappa shape index (κ3) is 2.11. The number of amides is 1. The quantitative estimate of drug-likeness (QED) is 0.812. The van der Waals surface area contributed by atoms with Crippen molar-refractivity contribution in [2.45, 2.75) is 19.9 Å². The van der Waals surface area contributed by atoms with Gasteiger partial charge in [-0.1, -0.05) is 0 Å². The van der Waals surface area contributed by atoms with Gasteiger partial charge >= 0.3 is 0 Å². The van der Waals surface area contributed by atoms with E-state index in [1.54, 1.807) is 0 Å². The Kier molecular flexibility index (Phi) is 3.29. The lowest BCUT2D eigenvalue weighted by Crippen LogP contribution is -2.46. The summed E-state index contributed by atoms with van der Waals surface area (Å²) in [6.45, 7) is 7.59. The SMILES string of the molecule is CC(C)n1cccc1C(=O)N1CCNCC1. The third-order valence-corrected chi connectivity index (χ3v) is 2.96. The van der Waals surface area contributed by atoms with Crippen LogP contribution in [-0.2, 0) is 0 Å². The maximum atomic E-state index is 12.3. The zero-order valence-corrected chi connectivity index (χ0v) is 9.94. The fourth-order valence-electron chi connectivity index (χ4n) is 2.06. The normalized spacial score (nSPS) is 16.8. The number of carbonyl (C=O) groups is 1. The van der Waals surface area contributed by atoms with E-state index in [0.29, 0.717) is 6.04 Å². The highest BCUT2D eigenvalue weighted by Gasteiger charge is 2.20. The van der Waals surface area contributed by atoms with Gasteiger partial charge in [0.2, 0.25) is 0 Å². The molecule has 0 aromatic carbocycles. The van der Waals surface area contributed by atoms with Crippen LogP contribution in [0.4, 0.5) is 0 Å². The van der Waals surface area contributed by atoms with Gasteiger partial charge in [0, 0.05) is 38.4 Å². The first-order valence-electron chi connectivity index (χ1n) is 5.87. The number of nitrogens with zero attached hydrogens (tertiary/aromatic N) is 2. The average molecular weight is 221 g/mol. The van der Waals surface area contributed by atoms with E-state index < -0.39 is 0 Å². The van der Waals surface area contributed by atoms with E-state index in [0.717, 1.165) is 31.9 Å². The van der Waals surface area contributed by atoms with Crippen LogP contribution in [-0.4, -0.2) is 41.6 Å². The summed E-state index contributed by atoms with van der Waals surface area (Å²) in [6.07, 6.45) is 1.97. The highest BCUT2D eigenvalue weighted by Crippen LogP contribution is 2.13. The van der Waals surface area contributed by atoms with Crippen molar-refractivity contribution in [2.24, 2.45) is 0 Å². The largest absolute Gasteiger partial charge is 0.341 e. The van der Waals surface area contributed by atoms with Crippen LogP contribution in [0.3, 0.4) is 0 Å². The Balaban J connectivity index is 2.16.